The monoisotopic (exact) mass is 251 g/mol. The van der Waals surface area contributed by atoms with Gasteiger partial charge in [0.05, 0.1) is 31.8 Å². The molecule has 4 heteroatoms. The number of esters is 1. The summed E-state index contributed by atoms with van der Waals surface area (Å²) in [5.41, 5.74) is 0.161. The molecule has 18 heavy (non-hydrogen) atoms. The van der Waals surface area contributed by atoms with Gasteiger partial charge in [0, 0.05) is 11.8 Å². The molecule has 2 rings (SSSR count). The summed E-state index contributed by atoms with van der Waals surface area (Å²) in [4.78, 5) is 11.4. The molecule has 100 valence electrons. The number of methoxy groups -OCH3 is 1. The number of carbonyl (C=O) groups excluding carboxylic acids is 1. The van der Waals surface area contributed by atoms with Gasteiger partial charge >= 0.3 is 5.97 Å². The van der Waals surface area contributed by atoms with E-state index in [4.69, 9.17) is 14.7 Å². The van der Waals surface area contributed by atoms with Crippen LogP contribution in [-0.4, -0.2) is 25.8 Å². The topological polar surface area (TPSA) is 59.3 Å². The van der Waals surface area contributed by atoms with E-state index in [0.29, 0.717) is 13.0 Å². The van der Waals surface area contributed by atoms with Crippen LogP contribution in [0.4, 0.5) is 0 Å². The van der Waals surface area contributed by atoms with E-state index in [0.717, 1.165) is 38.5 Å². The second kappa shape index (κ2) is 5.71. The molecule has 0 radical (unpaired) electrons. The third-order valence-electron chi connectivity index (χ3n) is 4.25. The number of nitriles is 1. The van der Waals surface area contributed by atoms with Gasteiger partial charge in [0.15, 0.2) is 0 Å². The van der Waals surface area contributed by atoms with Crippen molar-refractivity contribution < 1.29 is 14.3 Å². The zero-order chi connectivity index (χ0) is 13.0. The smallest absolute Gasteiger partial charge is 0.308 e. The predicted molar refractivity (Wildman–Crippen MR) is 65.6 cm³/mol. The van der Waals surface area contributed by atoms with Crippen LogP contribution in [-0.2, 0) is 14.3 Å². The summed E-state index contributed by atoms with van der Waals surface area (Å²) in [5, 5.41) is 8.74. The van der Waals surface area contributed by atoms with Crippen LogP contribution in [0.5, 0.6) is 0 Å². The van der Waals surface area contributed by atoms with E-state index in [1.165, 1.54) is 7.11 Å². The minimum Gasteiger partial charge on any atom is -0.469 e. The summed E-state index contributed by atoms with van der Waals surface area (Å²) in [6.07, 6.45) is 6.72. The average molecular weight is 251 g/mol. The largest absolute Gasteiger partial charge is 0.469 e. The van der Waals surface area contributed by atoms with Crippen LogP contribution in [0.15, 0.2) is 0 Å². The number of hydrogen-bond acceptors (Lipinski definition) is 4. The summed E-state index contributed by atoms with van der Waals surface area (Å²) >= 11 is 0. The van der Waals surface area contributed by atoms with Gasteiger partial charge in [-0.05, 0) is 38.5 Å². The molecule has 2 saturated carbocycles. The molecule has 0 amide bonds. The van der Waals surface area contributed by atoms with Crippen molar-refractivity contribution in [2.45, 2.75) is 51.0 Å². The molecule has 0 spiro atoms. The summed E-state index contributed by atoms with van der Waals surface area (Å²) in [5.74, 6) is -0.0274. The molecule has 0 saturated heterocycles. The second-order valence-electron chi connectivity index (χ2n) is 5.64. The molecule has 0 aliphatic heterocycles. The Kier molecular flexibility index (Phi) is 4.23. The molecule has 2 aliphatic rings. The van der Waals surface area contributed by atoms with Crippen LogP contribution in [0.3, 0.4) is 0 Å². The Morgan fingerprint density at radius 1 is 1.33 bits per heavy atom. The molecule has 4 nitrogen and oxygen atoms in total. The fraction of sp³-hybridized carbons (Fsp3) is 0.857. The van der Waals surface area contributed by atoms with E-state index in [2.05, 4.69) is 6.07 Å². The highest BCUT2D eigenvalue weighted by Crippen LogP contribution is 2.49. The van der Waals surface area contributed by atoms with Gasteiger partial charge in [0.25, 0.3) is 0 Å². The number of hydrogen-bond donors (Lipinski definition) is 0. The Balaban J connectivity index is 1.68. The van der Waals surface area contributed by atoms with Gasteiger partial charge in [0.1, 0.15) is 0 Å². The lowest BCUT2D eigenvalue weighted by Gasteiger charge is -2.28. The van der Waals surface area contributed by atoms with Crippen molar-refractivity contribution in [1.82, 2.24) is 0 Å². The molecule has 0 atom stereocenters. The quantitative estimate of drug-likeness (QED) is 0.704. The minimum absolute atomic E-state index is 0.0591. The lowest BCUT2D eigenvalue weighted by atomic mass is 9.87. The Labute approximate surface area is 108 Å². The maximum Gasteiger partial charge on any atom is 0.308 e. The molecule has 0 unspecified atom stereocenters. The van der Waals surface area contributed by atoms with Crippen molar-refractivity contribution in [3.05, 3.63) is 0 Å². The van der Waals surface area contributed by atoms with Gasteiger partial charge in [-0.1, -0.05) is 0 Å². The fourth-order valence-electron chi connectivity index (χ4n) is 2.64. The molecule has 0 aromatic carbocycles. The van der Waals surface area contributed by atoms with E-state index in [-0.39, 0.29) is 23.4 Å². The third kappa shape index (κ3) is 3.23. The van der Waals surface area contributed by atoms with Crippen LogP contribution in [0, 0.1) is 22.7 Å². The molecule has 0 aromatic rings. The van der Waals surface area contributed by atoms with Crippen molar-refractivity contribution in [2.24, 2.45) is 11.3 Å². The van der Waals surface area contributed by atoms with Gasteiger partial charge in [-0.3, -0.25) is 4.79 Å². The second-order valence-corrected chi connectivity index (χ2v) is 5.64. The lowest BCUT2D eigenvalue weighted by Crippen LogP contribution is -2.28. The van der Waals surface area contributed by atoms with E-state index < -0.39 is 0 Å². The van der Waals surface area contributed by atoms with Crippen molar-refractivity contribution in [3.63, 3.8) is 0 Å². The average Bonchev–Trinajstić information content (AvgIpc) is 3.17. The summed E-state index contributed by atoms with van der Waals surface area (Å²) < 4.78 is 10.7. The zero-order valence-electron chi connectivity index (χ0n) is 11.0. The van der Waals surface area contributed by atoms with Crippen LogP contribution in [0.1, 0.15) is 44.9 Å². The maximum absolute atomic E-state index is 11.4. The summed E-state index contributed by atoms with van der Waals surface area (Å²) in [7, 11) is 1.45. The predicted octanol–water partition coefficient (Wildman–Crippen LogP) is 2.43. The molecule has 0 aromatic heterocycles. The molecule has 2 aliphatic carbocycles. The van der Waals surface area contributed by atoms with Crippen molar-refractivity contribution in [3.8, 4) is 6.07 Å². The zero-order valence-corrected chi connectivity index (χ0v) is 11.0. The lowest BCUT2D eigenvalue weighted by molar-refractivity contribution is -0.147. The molecule has 2 fully saturated rings. The fourth-order valence-corrected chi connectivity index (χ4v) is 2.64. The molecule has 0 heterocycles. The van der Waals surface area contributed by atoms with Crippen LogP contribution in [0.25, 0.3) is 0 Å². The highest BCUT2D eigenvalue weighted by atomic mass is 16.5. The molecular weight excluding hydrogens is 230 g/mol. The van der Waals surface area contributed by atoms with Gasteiger partial charge in [-0.25, -0.2) is 0 Å². The Morgan fingerprint density at radius 3 is 2.50 bits per heavy atom. The third-order valence-corrected chi connectivity index (χ3v) is 4.25. The SMILES string of the molecule is COC(=O)C1CCC(OCC2(CC#N)CC2)CC1. The number of nitrogens with zero attached hydrogens (tertiary/aromatic N) is 1. The highest BCUT2D eigenvalue weighted by molar-refractivity contribution is 5.72. The molecular formula is C14H21NO3. The first-order chi connectivity index (χ1) is 8.69. The van der Waals surface area contributed by atoms with E-state index in [9.17, 15) is 4.79 Å². The van der Waals surface area contributed by atoms with E-state index in [1.54, 1.807) is 0 Å². The van der Waals surface area contributed by atoms with E-state index in [1.807, 2.05) is 0 Å². The van der Waals surface area contributed by atoms with Crippen LogP contribution in [0.2, 0.25) is 0 Å². The first-order valence-corrected chi connectivity index (χ1v) is 6.75. The van der Waals surface area contributed by atoms with Crippen LogP contribution >= 0.6 is 0 Å². The maximum atomic E-state index is 11.4. The summed E-state index contributed by atoms with van der Waals surface area (Å²) in [6, 6.07) is 2.25. The first-order valence-electron chi connectivity index (χ1n) is 6.75. The minimum atomic E-state index is -0.0865. The van der Waals surface area contributed by atoms with Crippen molar-refractivity contribution >= 4 is 5.97 Å². The normalized spacial score (nSPS) is 29.3. The number of rotatable bonds is 5. The Hall–Kier alpha value is -1.08. The van der Waals surface area contributed by atoms with Crippen molar-refractivity contribution in [1.29, 1.82) is 5.26 Å². The number of carbonyl (C=O) groups is 1. The van der Waals surface area contributed by atoms with Gasteiger partial charge < -0.3 is 9.47 Å². The van der Waals surface area contributed by atoms with Gasteiger partial charge in [-0.2, -0.15) is 5.26 Å². The highest BCUT2D eigenvalue weighted by Gasteiger charge is 2.43. The Morgan fingerprint density at radius 2 is 2.00 bits per heavy atom. The standard InChI is InChI=1S/C14H21NO3/c1-17-13(16)11-2-4-12(5-3-11)18-10-14(6-7-14)8-9-15/h11-12H,2-8,10H2,1H3. The molecule has 0 N–H and O–H groups in total. The van der Waals surface area contributed by atoms with Crippen molar-refractivity contribution in [2.75, 3.05) is 13.7 Å². The van der Waals surface area contributed by atoms with Gasteiger partial charge in [-0.15, -0.1) is 0 Å². The van der Waals surface area contributed by atoms with Gasteiger partial charge in [0.2, 0.25) is 0 Å². The Bertz CT molecular complexity index is 335. The number of ether oxygens (including phenoxy) is 2. The van der Waals surface area contributed by atoms with E-state index >= 15 is 0 Å². The summed E-state index contributed by atoms with van der Waals surface area (Å²) in [6.45, 7) is 0.716. The first kappa shape index (κ1) is 13.4. The van der Waals surface area contributed by atoms with Crippen LogP contribution < -0.4 is 0 Å². The molecule has 0 bridgehead atoms.